The minimum absolute atomic E-state index is 0.0282. The molecule has 2 rings (SSSR count). The number of halogens is 1. The summed E-state index contributed by atoms with van der Waals surface area (Å²) in [4.78, 5) is 13.7. The second kappa shape index (κ2) is 5.87. The van der Waals surface area contributed by atoms with E-state index in [1.54, 1.807) is 18.0 Å². The Morgan fingerprint density at radius 3 is 2.95 bits per heavy atom. The van der Waals surface area contributed by atoms with Crippen molar-refractivity contribution in [2.24, 2.45) is 0 Å². The summed E-state index contributed by atoms with van der Waals surface area (Å²) < 4.78 is 18.5. The normalized spacial score (nSPS) is 10.9. The van der Waals surface area contributed by atoms with Gasteiger partial charge in [0.15, 0.2) is 0 Å². The average Bonchev–Trinajstić information content (AvgIpc) is 2.78. The van der Waals surface area contributed by atoms with Crippen molar-refractivity contribution in [2.45, 2.75) is 26.2 Å². The van der Waals surface area contributed by atoms with Gasteiger partial charge in [0.05, 0.1) is 12.7 Å². The van der Waals surface area contributed by atoms with Gasteiger partial charge in [0.1, 0.15) is 11.4 Å². The van der Waals surface area contributed by atoms with Crippen LogP contribution in [-0.2, 0) is 11.2 Å². The Morgan fingerprint density at radius 2 is 2.21 bits per heavy atom. The molecule has 0 atom stereocenters. The largest absolute Gasteiger partial charge is 0.464 e. The number of fused-ring (bicyclic) bond motifs is 1. The van der Waals surface area contributed by atoms with Crippen molar-refractivity contribution < 1.29 is 13.6 Å². The lowest BCUT2D eigenvalue weighted by Crippen LogP contribution is -2.29. The summed E-state index contributed by atoms with van der Waals surface area (Å²) in [6.45, 7) is 2.84. The van der Waals surface area contributed by atoms with Gasteiger partial charge < -0.3 is 9.32 Å². The van der Waals surface area contributed by atoms with Crippen molar-refractivity contribution in [3.05, 3.63) is 35.8 Å². The predicted molar refractivity (Wildman–Crippen MR) is 72.4 cm³/mol. The van der Waals surface area contributed by atoms with Gasteiger partial charge in [-0.25, -0.2) is 4.39 Å². The van der Waals surface area contributed by atoms with Gasteiger partial charge in [-0.05, 0) is 24.6 Å². The minimum atomic E-state index is -0.318. The molecule has 0 saturated heterocycles. The molecule has 0 aliphatic carbocycles. The zero-order chi connectivity index (χ0) is 13.8. The number of nitrogens with zero attached hydrogens (tertiary/aromatic N) is 1. The van der Waals surface area contributed by atoms with Crippen molar-refractivity contribution in [2.75, 3.05) is 13.6 Å². The summed E-state index contributed by atoms with van der Waals surface area (Å²) in [5.41, 5.74) is 1.35. The van der Waals surface area contributed by atoms with Crippen LogP contribution in [0, 0.1) is 5.82 Å². The molecule has 1 aromatic carbocycles. The summed E-state index contributed by atoms with van der Waals surface area (Å²) >= 11 is 0. The third kappa shape index (κ3) is 3.13. The third-order valence-electron chi connectivity index (χ3n) is 3.23. The zero-order valence-electron chi connectivity index (χ0n) is 11.3. The molecule has 2 aromatic rings. The Bertz CT molecular complexity index is 577. The Balaban J connectivity index is 2.12. The Morgan fingerprint density at radius 1 is 1.42 bits per heavy atom. The summed E-state index contributed by atoms with van der Waals surface area (Å²) in [6, 6.07) is 4.34. The van der Waals surface area contributed by atoms with Crippen molar-refractivity contribution in [1.29, 1.82) is 0 Å². The number of amides is 1. The fraction of sp³-hybridized carbons (Fsp3) is 0.400. The molecule has 0 saturated carbocycles. The van der Waals surface area contributed by atoms with Gasteiger partial charge >= 0.3 is 0 Å². The van der Waals surface area contributed by atoms with E-state index in [2.05, 4.69) is 6.92 Å². The summed E-state index contributed by atoms with van der Waals surface area (Å²) in [7, 11) is 1.79. The molecular weight excluding hydrogens is 245 g/mol. The second-order valence-electron chi connectivity index (χ2n) is 4.75. The maximum absolute atomic E-state index is 13.2. The molecule has 102 valence electrons. The highest BCUT2D eigenvalue weighted by molar-refractivity contribution is 5.87. The van der Waals surface area contributed by atoms with Crippen LogP contribution in [0.2, 0.25) is 0 Å². The van der Waals surface area contributed by atoms with Gasteiger partial charge in [-0.15, -0.1) is 0 Å². The lowest BCUT2D eigenvalue weighted by Gasteiger charge is -2.16. The second-order valence-corrected chi connectivity index (χ2v) is 4.75. The fourth-order valence-corrected chi connectivity index (χ4v) is 2.01. The van der Waals surface area contributed by atoms with Crippen LogP contribution in [-0.4, -0.2) is 24.4 Å². The molecule has 19 heavy (non-hydrogen) atoms. The number of carbonyl (C=O) groups is 1. The zero-order valence-corrected chi connectivity index (χ0v) is 11.3. The van der Waals surface area contributed by atoms with E-state index in [4.69, 9.17) is 4.42 Å². The van der Waals surface area contributed by atoms with Crippen molar-refractivity contribution in [1.82, 2.24) is 4.90 Å². The van der Waals surface area contributed by atoms with Crippen molar-refractivity contribution in [3.8, 4) is 0 Å². The molecular formula is C15H18FNO2. The van der Waals surface area contributed by atoms with E-state index in [0.717, 1.165) is 24.9 Å². The molecule has 0 unspecified atom stereocenters. The molecule has 4 heteroatoms. The number of hydrogen-bond donors (Lipinski definition) is 0. The number of rotatable bonds is 5. The lowest BCUT2D eigenvalue weighted by molar-refractivity contribution is -0.129. The monoisotopic (exact) mass is 263 g/mol. The topological polar surface area (TPSA) is 33.5 Å². The SMILES string of the molecule is CCCCN(C)C(=O)Cc1coc2ccc(F)cc12. The van der Waals surface area contributed by atoms with Gasteiger partial charge in [-0.2, -0.15) is 0 Å². The van der Waals surface area contributed by atoms with E-state index < -0.39 is 0 Å². The summed E-state index contributed by atoms with van der Waals surface area (Å²) in [5, 5.41) is 0.678. The van der Waals surface area contributed by atoms with E-state index in [-0.39, 0.29) is 18.1 Å². The molecule has 1 aromatic heterocycles. The molecule has 1 amide bonds. The highest BCUT2D eigenvalue weighted by Crippen LogP contribution is 2.22. The molecule has 0 bridgehead atoms. The Kier molecular flexibility index (Phi) is 4.20. The van der Waals surface area contributed by atoms with Crippen molar-refractivity contribution >= 4 is 16.9 Å². The number of furan rings is 1. The van der Waals surface area contributed by atoms with Crippen LogP contribution in [0.5, 0.6) is 0 Å². The third-order valence-corrected chi connectivity index (χ3v) is 3.23. The molecule has 0 N–H and O–H groups in total. The molecule has 3 nitrogen and oxygen atoms in total. The number of hydrogen-bond acceptors (Lipinski definition) is 2. The van der Waals surface area contributed by atoms with E-state index in [1.165, 1.54) is 18.4 Å². The molecule has 0 spiro atoms. The molecule has 0 radical (unpaired) electrons. The Hall–Kier alpha value is -1.84. The minimum Gasteiger partial charge on any atom is -0.464 e. The van der Waals surface area contributed by atoms with Crippen LogP contribution < -0.4 is 0 Å². The van der Waals surface area contributed by atoms with E-state index in [0.29, 0.717) is 11.0 Å². The summed E-state index contributed by atoms with van der Waals surface area (Å²) in [6.07, 6.45) is 3.83. The van der Waals surface area contributed by atoms with Gasteiger partial charge in [0, 0.05) is 24.5 Å². The van der Waals surface area contributed by atoms with Gasteiger partial charge in [0.25, 0.3) is 0 Å². The standard InChI is InChI=1S/C15H18FNO2/c1-3-4-7-17(2)15(18)8-11-10-19-14-6-5-12(16)9-13(11)14/h5-6,9-10H,3-4,7-8H2,1-2H3. The van der Waals surface area contributed by atoms with E-state index in [1.807, 2.05) is 0 Å². The van der Waals surface area contributed by atoms with Crippen LogP contribution in [0.4, 0.5) is 4.39 Å². The first-order valence-electron chi connectivity index (χ1n) is 6.51. The number of carbonyl (C=O) groups excluding carboxylic acids is 1. The van der Waals surface area contributed by atoms with E-state index in [9.17, 15) is 9.18 Å². The first kappa shape index (κ1) is 13.6. The first-order chi connectivity index (χ1) is 9.11. The van der Waals surface area contributed by atoms with Crippen LogP contribution in [0.25, 0.3) is 11.0 Å². The lowest BCUT2D eigenvalue weighted by atomic mass is 10.1. The average molecular weight is 263 g/mol. The van der Waals surface area contributed by atoms with Crippen LogP contribution in [0.1, 0.15) is 25.3 Å². The maximum Gasteiger partial charge on any atom is 0.226 e. The van der Waals surface area contributed by atoms with Crippen LogP contribution in [0.15, 0.2) is 28.9 Å². The number of benzene rings is 1. The van der Waals surface area contributed by atoms with Crippen LogP contribution in [0.3, 0.4) is 0 Å². The molecule has 0 aliphatic rings. The van der Waals surface area contributed by atoms with Crippen LogP contribution >= 0.6 is 0 Å². The highest BCUT2D eigenvalue weighted by Gasteiger charge is 2.14. The summed E-state index contributed by atoms with van der Waals surface area (Å²) in [5.74, 6) is -0.289. The van der Waals surface area contributed by atoms with Crippen molar-refractivity contribution in [3.63, 3.8) is 0 Å². The predicted octanol–water partition coefficient (Wildman–Crippen LogP) is 3.37. The van der Waals surface area contributed by atoms with E-state index >= 15 is 0 Å². The Labute approximate surface area is 112 Å². The quantitative estimate of drug-likeness (QED) is 0.828. The van der Waals surface area contributed by atoms with Gasteiger partial charge in [0.2, 0.25) is 5.91 Å². The molecule has 1 heterocycles. The number of unbranched alkanes of at least 4 members (excludes halogenated alkanes) is 1. The highest BCUT2D eigenvalue weighted by atomic mass is 19.1. The first-order valence-corrected chi connectivity index (χ1v) is 6.51. The fourth-order valence-electron chi connectivity index (χ4n) is 2.01. The van der Waals surface area contributed by atoms with Gasteiger partial charge in [-0.3, -0.25) is 4.79 Å². The number of likely N-dealkylation sites (N-methyl/N-ethyl adjacent to an activating group) is 1. The van der Waals surface area contributed by atoms with Gasteiger partial charge in [-0.1, -0.05) is 13.3 Å². The molecule has 0 aliphatic heterocycles. The smallest absolute Gasteiger partial charge is 0.226 e. The maximum atomic E-state index is 13.2. The molecule has 0 fully saturated rings.